The quantitative estimate of drug-likeness (QED) is 0.504. The number of anilines is 1. The Morgan fingerprint density at radius 3 is 2.45 bits per heavy atom. The zero-order valence-electron chi connectivity index (χ0n) is 16.0. The van der Waals surface area contributed by atoms with Gasteiger partial charge in [-0.2, -0.15) is 5.26 Å². The maximum atomic E-state index is 9.59. The minimum Gasteiger partial charge on any atom is -0.497 e. The minimum atomic E-state index is 0.394. The van der Waals surface area contributed by atoms with Crippen LogP contribution in [0.2, 0.25) is 5.02 Å². The third-order valence-electron chi connectivity index (χ3n) is 4.09. The highest BCUT2D eigenvalue weighted by Crippen LogP contribution is 2.36. The van der Waals surface area contributed by atoms with E-state index in [2.05, 4.69) is 16.4 Å². The van der Waals surface area contributed by atoms with Gasteiger partial charge >= 0.3 is 0 Å². The Kier molecular flexibility index (Phi) is 6.60. The number of rotatable bonds is 7. The van der Waals surface area contributed by atoms with E-state index in [1.807, 2.05) is 29.6 Å². The first kappa shape index (κ1) is 20.5. The highest BCUT2D eigenvalue weighted by Gasteiger charge is 2.12. The molecule has 0 fully saturated rings. The van der Waals surface area contributed by atoms with Crippen LogP contribution in [0.25, 0.3) is 16.8 Å². The number of ether oxygens (including phenoxy) is 3. The van der Waals surface area contributed by atoms with Crippen LogP contribution >= 0.6 is 22.9 Å². The standard InChI is InChI=1S/C21H18ClN3O3S/c1-26-15-6-4-13(5-7-15)18-12-29-21(25-18)14(10-23)11-24-17-9-19(27-2)16(22)8-20(17)28-3/h4-9,11-12,24H,1-3H3/b14-11-. The van der Waals surface area contributed by atoms with Crippen LogP contribution in [-0.2, 0) is 0 Å². The number of nitrogens with one attached hydrogen (secondary N) is 1. The second kappa shape index (κ2) is 9.32. The molecular formula is C21H18ClN3O3S. The molecule has 0 aliphatic rings. The van der Waals surface area contributed by atoms with Gasteiger partial charge in [0.2, 0.25) is 0 Å². The number of aromatic nitrogens is 1. The Morgan fingerprint density at radius 2 is 1.83 bits per heavy atom. The van der Waals surface area contributed by atoms with Crippen molar-refractivity contribution in [3.05, 3.63) is 58.0 Å². The molecule has 0 saturated carbocycles. The molecule has 0 saturated heterocycles. The van der Waals surface area contributed by atoms with Crippen LogP contribution in [0.3, 0.4) is 0 Å². The lowest BCUT2D eigenvalue weighted by molar-refractivity contribution is 0.405. The smallest absolute Gasteiger partial charge is 0.144 e. The third kappa shape index (κ3) is 4.62. The predicted octanol–water partition coefficient (Wildman–Crippen LogP) is 5.47. The van der Waals surface area contributed by atoms with Gasteiger partial charge in [-0.1, -0.05) is 11.6 Å². The molecule has 2 aromatic carbocycles. The van der Waals surface area contributed by atoms with Crippen LogP contribution in [0.5, 0.6) is 17.2 Å². The lowest BCUT2D eigenvalue weighted by Crippen LogP contribution is -1.96. The van der Waals surface area contributed by atoms with Gasteiger partial charge in [0, 0.05) is 29.3 Å². The summed E-state index contributed by atoms with van der Waals surface area (Å²) in [4.78, 5) is 4.58. The molecule has 3 rings (SSSR count). The van der Waals surface area contributed by atoms with Crippen LogP contribution in [0, 0.1) is 11.3 Å². The Labute approximate surface area is 177 Å². The summed E-state index contributed by atoms with van der Waals surface area (Å²) in [5.41, 5.74) is 2.75. The monoisotopic (exact) mass is 427 g/mol. The van der Waals surface area contributed by atoms with Gasteiger partial charge < -0.3 is 19.5 Å². The second-order valence-corrected chi connectivity index (χ2v) is 7.03. The maximum Gasteiger partial charge on any atom is 0.144 e. The number of hydrogen-bond acceptors (Lipinski definition) is 7. The Hall–Kier alpha value is -3.21. The lowest BCUT2D eigenvalue weighted by Gasteiger charge is -2.12. The number of thiazole rings is 1. The van der Waals surface area contributed by atoms with E-state index in [4.69, 9.17) is 25.8 Å². The minimum absolute atomic E-state index is 0.394. The highest BCUT2D eigenvalue weighted by atomic mass is 35.5. The first-order valence-corrected chi connectivity index (χ1v) is 9.74. The van der Waals surface area contributed by atoms with Gasteiger partial charge in [0.1, 0.15) is 33.9 Å². The Morgan fingerprint density at radius 1 is 1.10 bits per heavy atom. The summed E-state index contributed by atoms with van der Waals surface area (Å²) in [7, 11) is 4.70. The molecule has 0 bridgehead atoms. The maximum absolute atomic E-state index is 9.59. The van der Waals surface area contributed by atoms with Gasteiger partial charge in [-0.3, -0.25) is 0 Å². The highest BCUT2D eigenvalue weighted by molar-refractivity contribution is 7.11. The third-order valence-corrected chi connectivity index (χ3v) is 5.26. The van der Waals surface area contributed by atoms with E-state index in [-0.39, 0.29) is 0 Å². The molecule has 0 aliphatic heterocycles. The fourth-order valence-corrected chi connectivity index (χ4v) is 3.58. The number of halogens is 1. The summed E-state index contributed by atoms with van der Waals surface area (Å²) >= 11 is 7.52. The van der Waals surface area contributed by atoms with E-state index in [1.54, 1.807) is 32.6 Å². The topological polar surface area (TPSA) is 76.4 Å². The van der Waals surface area contributed by atoms with E-state index in [0.29, 0.717) is 32.8 Å². The summed E-state index contributed by atoms with van der Waals surface area (Å²) in [5.74, 6) is 1.80. The van der Waals surface area contributed by atoms with Crippen molar-refractivity contribution in [2.75, 3.05) is 26.6 Å². The van der Waals surface area contributed by atoms with Crippen molar-refractivity contribution in [1.82, 2.24) is 4.98 Å². The van der Waals surface area contributed by atoms with Crippen molar-refractivity contribution in [3.8, 4) is 34.6 Å². The van der Waals surface area contributed by atoms with Gasteiger partial charge in [-0.15, -0.1) is 11.3 Å². The number of hydrogen-bond donors (Lipinski definition) is 1. The van der Waals surface area contributed by atoms with Crippen LogP contribution in [-0.4, -0.2) is 26.3 Å². The zero-order chi connectivity index (χ0) is 20.8. The number of nitrogens with zero attached hydrogens (tertiary/aromatic N) is 2. The van der Waals surface area contributed by atoms with E-state index in [1.165, 1.54) is 18.4 Å². The van der Waals surface area contributed by atoms with E-state index < -0.39 is 0 Å². The molecule has 0 unspecified atom stereocenters. The Bertz CT molecular complexity index is 1070. The normalized spacial score (nSPS) is 10.9. The first-order valence-electron chi connectivity index (χ1n) is 8.48. The second-order valence-electron chi connectivity index (χ2n) is 5.77. The summed E-state index contributed by atoms with van der Waals surface area (Å²) in [5, 5.41) is 15.6. The molecule has 0 radical (unpaired) electrons. The van der Waals surface area contributed by atoms with Gasteiger partial charge in [0.25, 0.3) is 0 Å². The molecule has 29 heavy (non-hydrogen) atoms. The number of nitriles is 1. The molecule has 0 amide bonds. The van der Waals surface area contributed by atoms with Crippen molar-refractivity contribution < 1.29 is 14.2 Å². The lowest BCUT2D eigenvalue weighted by atomic mass is 10.2. The first-order chi connectivity index (χ1) is 14.1. The van der Waals surface area contributed by atoms with Crippen molar-refractivity contribution in [1.29, 1.82) is 5.26 Å². The summed E-state index contributed by atoms with van der Waals surface area (Å²) in [6.07, 6.45) is 1.59. The molecule has 0 aliphatic carbocycles. The molecule has 3 aromatic rings. The van der Waals surface area contributed by atoms with Gasteiger partial charge in [0.05, 0.1) is 37.7 Å². The van der Waals surface area contributed by atoms with E-state index in [9.17, 15) is 5.26 Å². The molecule has 1 heterocycles. The average Bonchev–Trinajstić information content (AvgIpc) is 3.24. The van der Waals surface area contributed by atoms with Crippen molar-refractivity contribution in [2.45, 2.75) is 0 Å². The molecule has 6 nitrogen and oxygen atoms in total. The SMILES string of the molecule is COc1ccc(-c2csc(/C(C#N)=C\Nc3cc(OC)c(Cl)cc3OC)n2)cc1. The number of benzene rings is 2. The number of allylic oxidation sites excluding steroid dienone is 1. The van der Waals surface area contributed by atoms with Crippen LogP contribution < -0.4 is 19.5 Å². The summed E-state index contributed by atoms with van der Waals surface area (Å²) in [6, 6.07) is 13.1. The van der Waals surface area contributed by atoms with Gasteiger partial charge in [-0.25, -0.2) is 4.98 Å². The molecule has 1 aromatic heterocycles. The van der Waals surface area contributed by atoms with Crippen LogP contribution in [0.1, 0.15) is 5.01 Å². The molecule has 148 valence electrons. The molecule has 0 atom stereocenters. The summed E-state index contributed by atoms with van der Waals surface area (Å²) < 4.78 is 15.8. The van der Waals surface area contributed by atoms with E-state index in [0.717, 1.165) is 17.0 Å². The fraction of sp³-hybridized carbons (Fsp3) is 0.143. The van der Waals surface area contributed by atoms with Crippen LogP contribution in [0.15, 0.2) is 48.0 Å². The average molecular weight is 428 g/mol. The Balaban J connectivity index is 1.86. The predicted molar refractivity (Wildman–Crippen MR) is 116 cm³/mol. The fourth-order valence-electron chi connectivity index (χ4n) is 2.56. The van der Waals surface area contributed by atoms with E-state index >= 15 is 0 Å². The summed E-state index contributed by atoms with van der Waals surface area (Å²) in [6.45, 7) is 0. The molecule has 1 N–H and O–H groups in total. The molecular weight excluding hydrogens is 410 g/mol. The largest absolute Gasteiger partial charge is 0.497 e. The van der Waals surface area contributed by atoms with Crippen molar-refractivity contribution >= 4 is 34.2 Å². The van der Waals surface area contributed by atoms with Gasteiger partial charge in [-0.05, 0) is 24.3 Å². The number of methoxy groups -OCH3 is 3. The van der Waals surface area contributed by atoms with Crippen LogP contribution in [0.4, 0.5) is 5.69 Å². The zero-order valence-corrected chi connectivity index (χ0v) is 17.6. The van der Waals surface area contributed by atoms with Gasteiger partial charge in [0.15, 0.2) is 0 Å². The van der Waals surface area contributed by atoms with Crippen molar-refractivity contribution in [3.63, 3.8) is 0 Å². The van der Waals surface area contributed by atoms with Crippen molar-refractivity contribution in [2.24, 2.45) is 0 Å². The molecule has 8 heteroatoms. The molecule has 0 spiro atoms.